The van der Waals surface area contributed by atoms with Gasteiger partial charge >= 0.3 is 0 Å². The first-order chi connectivity index (χ1) is 7.39. The molecule has 0 saturated carbocycles. The van der Waals surface area contributed by atoms with E-state index in [2.05, 4.69) is 5.32 Å². The molecular weight excluding hydrogens is 210 g/mol. The fourth-order valence-electron chi connectivity index (χ4n) is 1.09. The summed E-state index contributed by atoms with van der Waals surface area (Å²) in [5.41, 5.74) is -0.246. The van der Waals surface area contributed by atoms with Crippen molar-refractivity contribution in [1.29, 1.82) is 0 Å². The highest BCUT2D eigenvalue weighted by Crippen LogP contribution is 2.06. The fourth-order valence-corrected chi connectivity index (χ4v) is 1.09. The third-order valence-electron chi connectivity index (χ3n) is 1.94. The summed E-state index contributed by atoms with van der Waals surface area (Å²) in [6.07, 6.45) is -0.579. The van der Waals surface area contributed by atoms with Crippen LogP contribution in [0.15, 0.2) is 0 Å². The van der Waals surface area contributed by atoms with Gasteiger partial charge in [0.2, 0.25) is 0 Å². The maximum atomic E-state index is 9.62. The minimum atomic E-state index is -0.579. The van der Waals surface area contributed by atoms with Crippen molar-refractivity contribution in [2.75, 3.05) is 33.5 Å². The molecule has 0 aliphatic carbocycles. The zero-order valence-electron chi connectivity index (χ0n) is 10.7. The highest BCUT2D eigenvalue weighted by atomic mass is 16.5. The second-order valence-electron chi connectivity index (χ2n) is 4.82. The van der Waals surface area contributed by atoms with E-state index in [4.69, 9.17) is 14.6 Å². The lowest BCUT2D eigenvalue weighted by Crippen LogP contribution is -2.42. The van der Waals surface area contributed by atoms with E-state index in [9.17, 15) is 5.11 Å². The van der Waals surface area contributed by atoms with Gasteiger partial charge in [0.1, 0.15) is 0 Å². The van der Waals surface area contributed by atoms with Gasteiger partial charge < -0.3 is 25.0 Å². The molecule has 2 unspecified atom stereocenters. The molecule has 0 bridgehead atoms. The van der Waals surface area contributed by atoms with Gasteiger partial charge in [-0.1, -0.05) is 0 Å². The predicted molar refractivity (Wildman–Crippen MR) is 62.5 cm³/mol. The molecule has 0 saturated heterocycles. The smallest absolute Gasteiger partial charge is 0.0898 e. The number of aliphatic hydroxyl groups excluding tert-OH is 2. The Labute approximate surface area is 97.8 Å². The van der Waals surface area contributed by atoms with Crippen molar-refractivity contribution in [3.8, 4) is 0 Å². The average Bonchev–Trinajstić information content (AvgIpc) is 2.20. The first-order valence-corrected chi connectivity index (χ1v) is 5.54. The van der Waals surface area contributed by atoms with Crippen LogP contribution in [0.5, 0.6) is 0 Å². The summed E-state index contributed by atoms with van der Waals surface area (Å²) in [6.45, 7) is 6.88. The Balaban J connectivity index is 3.66. The Kier molecular flexibility index (Phi) is 7.87. The Morgan fingerprint density at radius 2 is 1.88 bits per heavy atom. The second-order valence-corrected chi connectivity index (χ2v) is 4.82. The van der Waals surface area contributed by atoms with Crippen molar-refractivity contribution >= 4 is 0 Å². The van der Waals surface area contributed by atoms with Crippen molar-refractivity contribution in [2.24, 2.45) is 0 Å². The first kappa shape index (κ1) is 15.8. The third kappa shape index (κ3) is 9.06. The maximum Gasteiger partial charge on any atom is 0.0898 e. The minimum Gasteiger partial charge on any atom is -0.395 e. The third-order valence-corrected chi connectivity index (χ3v) is 1.94. The number of nitrogens with one attached hydrogen (secondary N) is 1. The second kappa shape index (κ2) is 7.97. The van der Waals surface area contributed by atoms with E-state index in [0.717, 1.165) is 0 Å². The summed E-state index contributed by atoms with van der Waals surface area (Å²) < 4.78 is 10.3. The lowest BCUT2D eigenvalue weighted by Gasteiger charge is -2.23. The number of hydrogen-bond donors (Lipinski definition) is 3. The zero-order valence-corrected chi connectivity index (χ0v) is 10.7. The Bertz CT molecular complexity index is 170. The summed E-state index contributed by atoms with van der Waals surface area (Å²) >= 11 is 0. The van der Waals surface area contributed by atoms with Crippen molar-refractivity contribution < 1.29 is 19.7 Å². The van der Waals surface area contributed by atoms with Gasteiger partial charge in [-0.05, 0) is 20.8 Å². The van der Waals surface area contributed by atoms with Crippen LogP contribution in [0.2, 0.25) is 0 Å². The van der Waals surface area contributed by atoms with E-state index in [0.29, 0.717) is 13.2 Å². The zero-order chi connectivity index (χ0) is 12.6. The molecule has 0 rings (SSSR count). The van der Waals surface area contributed by atoms with E-state index in [1.54, 1.807) is 7.11 Å². The number of methoxy groups -OCH3 is 1. The highest BCUT2D eigenvalue weighted by molar-refractivity contribution is 4.69. The number of ether oxygens (including phenoxy) is 2. The monoisotopic (exact) mass is 235 g/mol. The van der Waals surface area contributed by atoms with Crippen LogP contribution in [-0.2, 0) is 9.47 Å². The van der Waals surface area contributed by atoms with Gasteiger partial charge in [0.25, 0.3) is 0 Å². The molecule has 0 aromatic heterocycles. The van der Waals surface area contributed by atoms with E-state index in [-0.39, 0.29) is 24.9 Å². The minimum absolute atomic E-state index is 0.0132. The molecule has 3 N–H and O–H groups in total. The Morgan fingerprint density at radius 3 is 2.31 bits per heavy atom. The molecule has 0 amide bonds. The molecule has 0 spiro atoms. The van der Waals surface area contributed by atoms with Gasteiger partial charge in [-0.25, -0.2) is 0 Å². The first-order valence-electron chi connectivity index (χ1n) is 5.54. The lowest BCUT2D eigenvalue weighted by molar-refractivity contribution is -0.0491. The summed E-state index contributed by atoms with van der Waals surface area (Å²) in [7, 11) is 1.57. The van der Waals surface area contributed by atoms with Gasteiger partial charge in [-0.3, -0.25) is 0 Å². The van der Waals surface area contributed by atoms with Crippen LogP contribution in [0, 0.1) is 0 Å². The van der Waals surface area contributed by atoms with E-state index >= 15 is 0 Å². The molecule has 0 aliphatic heterocycles. The average molecular weight is 235 g/mol. The van der Waals surface area contributed by atoms with Gasteiger partial charge in [0.15, 0.2) is 0 Å². The number of rotatable bonds is 8. The van der Waals surface area contributed by atoms with Gasteiger partial charge in [0.05, 0.1) is 37.6 Å². The summed E-state index contributed by atoms with van der Waals surface area (Å²) in [4.78, 5) is 0. The van der Waals surface area contributed by atoms with Crippen molar-refractivity contribution in [3.05, 3.63) is 0 Å². The lowest BCUT2D eigenvalue weighted by atomic mass is 10.2. The molecule has 2 atom stereocenters. The van der Waals surface area contributed by atoms with Crippen LogP contribution in [0.4, 0.5) is 0 Å². The molecule has 0 heterocycles. The summed E-state index contributed by atoms with van der Waals surface area (Å²) in [5, 5.41) is 21.6. The van der Waals surface area contributed by atoms with Crippen LogP contribution in [0.1, 0.15) is 20.8 Å². The summed E-state index contributed by atoms with van der Waals surface area (Å²) in [6, 6.07) is -0.144. The molecule has 16 heavy (non-hydrogen) atoms. The number of aliphatic hydroxyl groups is 2. The molecule has 98 valence electrons. The van der Waals surface area contributed by atoms with Gasteiger partial charge in [0, 0.05) is 13.7 Å². The van der Waals surface area contributed by atoms with Crippen LogP contribution in [0.25, 0.3) is 0 Å². The molecule has 0 fully saturated rings. The maximum absolute atomic E-state index is 9.62. The molecule has 0 aromatic rings. The van der Waals surface area contributed by atoms with E-state index in [1.165, 1.54) is 0 Å². The normalized spacial score (nSPS) is 16.1. The van der Waals surface area contributed by atoms with E-state index < -0.39 is 6.10 Å². The Hall–Kier alpha value is -0.200. The fraction of sp³-hybridized carbons (Fsp3) is 1.00. The highest BCUT2D eigenvalue weighted by Gasteiger charge is 2.14. The van der Waals surface area contributed by atoms with Crippen LogP contribution < -0.4 is 5.32 Å². The standard InChI is InChI=1S/C11H25NO4/c1-11(2,3)16-8-10(14)5-12-9(6-13)7-15-4/h9-10,12-14H,5-8H2,1-4H3. The molecule has 0 aliphatic rings. The van der Waals surface area contributed by atoms with Gasteiger partial charge in [-0.15, -0.1) is 0 Å². The van der Waals surface area contributed by atoms with Crippen molar-refractivity contribution in [3.63, 3.8) is 0 Å². The largest absolute Gasteiger partial charge is 0.395 e. The van der Waals surface area contributed by atoms with Gasteiger partial charge in [-0.2, -0.15) is 0 Å². The molecule has 0 radical (unpaired) electrons. The molecule has 0 aromatic carbocycles. The SMILES string of the molecule is COCC(CO)NCC(O)COC(C)(C)C. The van der Waals surface area contributed by atoms with Crippen LogP contribution in [-0.4, -0.2) is 61.4 Å². The van der Waals surface area contributed by atoms with E-state index in [1.807, 2.05) is 20.8 Å². The van der Waals surface area contributed by atoms with Crippen molar-refractivity contribution in [2.45, 2.75) is 38.5 Å². The predicted octanol–water partition coefficient (Wildman–Crippen LogP) is -0.241. The Morgan fingerprint density at radius 1 is 1.25 bits per heavy atom. The summed E-state index contributed by atoms with van der Waals surface area (Å²) in [5.74, 6) is 0. The van der Waals surface area contributed by atoms with Crippen molar-refractivity contribution in [1.82, 2.24) is 5.32 Å². The molecule has 5 heteroatoms. The quantitative estimate of drug-likeness (QED) is 0.541. The molecule has 5 nitrogen and oxygen atoms in total. The van der Waals surface area contributed by atoms with Crippen LogP contribution in [0.3, 0.4) is 0 Å². The molecular formula is C11H25NO4. The van der Waals surface area contributed by atoms with Crippen LogP contribution >= 0.6 is 0 Å². The topological polar surface area (TPSA) is 71.0 Å². The number of hydrogen-bond acceptors (Lipinski definition) is 5.